The highest BCUT2D eigenvalue weighted by molar-refractivity contribution is 6.36. The number of ketones is 1. The molecule has 0 saturated carbocycles. The lowest BCUT2D eigenvalue weighted by atomic mass is 10.1. The highest BCUT2D eigenvalue weighted by Gasteiger charge is 2.15. The third-order valence-electron chi connectivity index (χ3n) is 3.28. The van der Waals surface area contributed by atoms with Crippen LogP contribution in [-0.2, 0) is 25.5 Å². The molecule has 0 aliphatic carbocycles. The third-order valence-corrected chi connectivity index (χ3v) is 3.28. The minimum atomic E-state index is -0.826. The molecule has 2 rings (SSSR count). The van der Waals surface area contributed by atoms with Gasteiger partial charge < -0.3 is 20.5 Å². The van der Waals surface area contributed by atoms with E-state index in [-0.39, 0.29) is 13.0 Å². The number of carbonyl (C=O) groups excluding carboxylic acids is 3. The Morgan fingerprint density at radius 3 is 2.08 bits per heavy atom. The monoisotopic (exact) mass is 342 g/mol. The molecule has 0 bridgehead atoms. The van der Waals surface area contributed by atoms with Crippen LogP contribution in [0.25, 0.3) is 0 Å². The van der Waals surface area contributed by atoms with E-state index in [1.165, 1.54) is 7.11 Å². The number of anilines is 1. The Labute approximate surface area is 144 Å². The van der Waals surface area contributed by atoms with Crippen LogP contribution in [0, 0.1) is 0 Å². The first-order valence-electron chi connectivity index (χ1n) is 7.48. The molecule has 0 atom stereocenters. The molecule has 7 heteroatoms. The summed E-state index contributed by atoms with van der Waals surface area (Å²) in [5, 5.41) is 2.20. The lowest BCUT2D eigenvalue weighted by Crippen LogP contribution is -2.36. The largest absolute Gasteiger partial charge is 0.468 e. The average molecular weight is 342 g/mol. The molecule has 0 fully saturated rings. The predicted octanol–water partition coefficient (Wildman–Crippen LogP) is 1.46. The van der Waals surface area contributed by atoms with Crippen molar-refractivity contribution in [2.24, 2.45) is 0 Å². The number of hydrogen-bond acceptors (Lipinski definition) is 6. The average Bonchev–Trinajstić information content (AvgIpc) is 2.62. The first-order chi connectivity index (χ1) is 12.0. The Kier molecular flexibility index (Phi) is 6.11. The van der Waals surface area contributed by atoms with Crippen molar-refractivity contribution in [2.45, 2.75) is 6.42 Å². The van der Waals surface area contributed by atoms with Gasteiger partial charge in [0, 0.05) is 12.1 Å². The molecule has 0 radical (unpaired) electrons. The van der Waals surface area contributed by atoms with Crippen molar-refractivity contribution in [1.29, 1.82) is 0 Å². The maximum atomic E-state index is 11.8. The number of benzene rings is 2. The van der Waals surface area contributed by atoms with Crippen molar-refractivity contribution in [3.8, 4) is 11.5 Å². The number of nitrogens with one attached hydrogen (secondary N) is 1. The van der Waals surface area contributed by atoms with Crippen LogP contribution in [-0.4, -0.2) is 31.3 Å². The normalized spacial score (nSPS) is 9.96. The van der Waals surface area contributed by atoms with E-state index in [1.54, 1.807) is 48.5 Å². The van der Waals surface area contributed by atoms with Gasteiger partial charge in [-0.25, -0.2) is 0 Å². The van der Waals surface area contributed by atoms with Crippen molar-refractivity contribution in [1.82, 2.24) is 5.32 Å². The van der Waals surface area contributed by atoms with Crippen molar-refractivity contribution in [2.75, 3.05) is 19.4 Å². The summed E-state index contributed by atoms with van der Waals surface area (Å²) in [6.45, 7) is -0.338. The van der Waals surface area contributed by atoms with E-state index >= 15 is 0 Å². The minimum absolute atomic E-state index is 0.0742. The summed E-state index contributed by atoms with van der Waals surface area (Å²) in [4.78, 5) is 34.3. The molecule has 7 nitrogen and oxygen atoms in total. The SMILES string of the molecule is COC(=O)CNC(=O)C(=O)Cc1ccc(Oc2ccc(N)cc2)cc1. The van der Waals surface area contributed by atoms with Crippen LogP contribution >= 0.6 is 0 Å². The molecule has 0 aromatic heterocycles. The number of esters is 1. The van der Waals surface area contributed by atoms with Crippen molar-refractivity contribution in [3.05, 3.63) is 54.1 Å². The fraction of sp³-hybridized carbons (Fsp3) is 0.167. The lowest BCUT2D eigenvalue weighted by Gasteiger charge is -2.07. The Balaban J connectivity index is 1.89. The van der Waals surface area contributed by atoms with Crippen LogP contribution in [0.4, 0.5) is 5.69 Å². The van der Waals surface area contributed by atoms with E-state index in [1.807, 2.05) is 0 Å². The van der Waals surface area contributed by atoms with Crippen molar-refractivity contribution in [3.63, 3.8) is 0 Å². The Hall–Kier alpha value is -3.35. The van der Waals surface area contributed by atoms with Gasteiger partial charge in [0.25, 0.3) is 5.91 Å². The Morgan fingerprint density at radius 1 is 0.960 bits per heavy atom. The molecule has 0 unspecified atom stereocenters. The topological polar surface area (TPSA) is 108 Å². The Morgan fingerprint density at radius 2 is 1.52 bits per heavy atom. The molecule has 0 saturated heterocycles. The molecular formula is C18H18N2O5. The second kappa shape index (κ2) is 8.49. The van der Waals surface area contributed by atoms with E-state index < -0.39 is 17.7 Å². The van der Waals surface area contributed by atoms with E-state index in [9.17, 15) is 14.4 Å². The van der Waals surface area contributed by atoms with Crippen LogP contribution in [0.3, 0.4) is 0 Å². The molecule has 0 aliphatic heterocycles. The quantitative estimate of drug-likeness (QED) is 0.448. The van der Waals surface area contributed by atoms with Gasteiger partial charge in [-0.3, -0.25) is 14.4 Å². The number of Topliss-reactive ketones (excluding diaryl/α,β-unsaturated/α-hetero) is 1. The second-order valence-electron chi connectivity index (χ2n) is 5.17. The number of methoxy groups -OCH3 is 1. The molecule has 0 heterocycles. The zero-order valence-electron chi connectivity index (χ0n) is 13.7. The van der Waals surface area contributed by atoms with Gasteiger partial charge in [-0.1, -0.05) is 12.1 Å². The standard InChI is InChI=1S/C18H18N2O5/c1-24-17(22)11-20-18(23)16(21)10-12-2-6-14(7-3-12)25-15-8-4-13(19)5-9-15/h2-9H,10-11,19H2,1H3,(H,20,23). The number of carbonyl (C=O) groups is 3. The summed E-state index contributed by atoms with van der Waals surface area (Å²) in [5.41, 5.74) is 6.91. The number of ether oxygens (including phenoxy) is 2. The van der Waals surface area contributed by atoms with E-state index in [4.69, 9.17) is 10.5 Å². The summed E-state index contributed by atoms with van der Waals surface area (Å²) in [5.74, 6) is -0.856. The molecule has 3 N–H and O–H groups in total. The van der Waals surface area contributed by atoms with Gasteiger partial charge in [0.2, 0.25) is 5.78 Å². The molecule has 130 valence electrons. The minimum Gasteiger partial charge on any atom is -0.468 e. The first-order valence-corrected chi connectivity index (χ1v) is 7.48. The van der Waals surface area contributed by atoms with Gasteiger partial charge in [0.05, 0.1) is 7.11 Å². The molecule has 0 spiro atoms. The summed E-state index contributed by atoms with van der Waals surface area (Å²) >= 11 is 0. The smallest absolute Gasteiger partial charge is 0.325 e. The maximum absolute atomic E-state index is 11.8. The van der Waals surface area contributed by atoms with Gasteiger partial charge in [-0.2, -0.15) is 0 Å². The highest BCUT2D eigenvalue weighted by atomic mass is 16.5. The molecule has 2 aromatic carbocycles. The lowest BCUT2D eigenvalue weighted by molar-refractivity contribution is -0.143. The van der Waals surface area contributed by atoms with Gasteiger partial charge in [-0.05, 0) is 42.0 Å². The van der Waals surface area contributed by atoms with E-state index in [0.29, 0.717) is 22.7 Å². The third kappa shape index (κ3) is 5.65. The van der Waals surface area contributed by atoms with Gasteiger partial charge >= 0.3 is 5.97 Å². The molecule has 0 aliphatic rings. The molecule has 25 heavy (non-hydrogen) atoms. The zero-order chi connectivity index (χ0) is 18.2. The van der Waals surface area contributed by atoms with Crippen molar-refractivity contribution < 1.29 is 23.9 Å². The first kappa shape index (κ1) is 18.0. The van der Waals surface area contributed by atoms with Gasteiger partial charge in [0.15, 0.2) is 0 Å². The zero-order valence-corrected chi connectivity index (χ0v) is 13.7. The summed E-state index contributed by atoms with van der Waals surface area (Å²) in [6, 6.07) is 13.7. The Bertz CT molecular complexity index is 754. The van der Waals surface area contributed by atoms with E-state index in [2.05, 4.69) is 10.1 Å². The fourth-order valence-corrected chi connectivity index (χ4v) is 1.94. The number of hydrogen-bond donors (Lipinski definition) is 2. The number of amides is 1. The molecular weight excluding hydrogens is 324 g/mol. The summed E-state index contributed by atoms with van der Waals surface area (Å²) in [6.07, 6.45) is -0.0742. The molecule has 1 amide bonds. The maximum Gasteiger partial charge on any atom is 0.325 e. The predicted molar refractivity (Wildman–Crippen MR) is 91.1 cm³/mol. The summed E-state index contributed by atoms with van der Waals surface area (Å²) < 4.78 is 10.0. The van der Waals surface area contributed by atoms with Crippen LogP contribution in [0.2, 0.25) is 0 Å². The number of rotatable bonds is 7. The van der Waals surface area contributed by atoms with Crippen LogP contribution in [0.5, 0.6) is 11.5 Å². The fourth-order valence-electron chi connectivity index (χ4n) is 1.94. The molecule has 2 aromatic rings. The van der Waals surface area contributed by atoms with Crippen LogP contribution in [0.15, 0.2) is 48.5 Å². The second-order valence-corrected chi connectivity index (χ2v) is 5.17. The van der Waals surface area contributed by atoms with Crippen molar-refractivity contribution >= 4 is 23.3 Å². The van der Waals surface area contributed by atoms with Crippen LogP contribution < -0.4 is 15.8 Å². The number of nitrogens with two attached hydrogens (primary N) is 1. The van der Waals surface area contributed by atoms with Crippen LogP contribution in [0.1, 0.15) is 5.56 Å². The number of nitrogen functional groups attached to an aromatic ring is 1. The summed E-state index contributed by atoms with van der Waals surface area (Å²) in [7, 11) is 1.20. The van der Waals surface area contributed by atoms with Gasteiger partial charge in [0.1, 0.15) is 18.0 Å². The highest BCUT2D eigenvalue weighted by Crippen LogP contribution is 2.22. The van der Waals surface area contributed by atoms with Gasteiger partial charge in [-0.15, -0.1) is 0 Å². The van der Waals surface area contributed by atoms with E-state index in [0.717, 1.165) is 0 Å².